The molecule has 2 N–H and O–H groups in total. The Morgan fingerprint density at radius 3 is 2.58 bits per heavy atom. The number of ether oxygens (including phenoxy) is 1. The Morgan fingerprint density at radius 1 is 1.37 bits per heavy atom. The zero-order valence-corrected chi connectivity index (χ0v) is 11.7. The van der Waals surface area contributed by atoms with Crippen LogP contribution in [-0.2, 0) is 9.53 Å². The number of urea groups is 1. The standard InChI is InChI=1S/C13H24N2O4/c1-10(2)19-8-4-3-7-14-13(18)15(9-12(16)17)11-5-6-11/h10-11H,3-9H2,1-2H3,(H,14,18)(H,16,17). The molecule has 6 nitrogen and oxygen atoms in total. The number of nitrogens with one attached hydrogen (secondary N) is 1. The fraction of sp³-hybridized carbons (Fsp3) is 0.846. The van der Waals surface area contributed by atoms with Crippen LogP contribution in [0.3, 0.4) is 0 Å². The van der Waals surface area contributed by atoms with Crippen molar-refractivity contribution in [3.05, 3.63) is 0 Å². The van der Waals surface area contributed by atoms with Gasteiger partial charge in [-0.2, -0.15) is 0 Å². The van der Waals surface area contributed by atoms with Gasteiger partial charge in [-0.25, -0.2) is 4.79 Å². The first kappa shape index (κ1) is 15.8. The lowest BCUT2D eigenvalue weighted by Crippen LogP contribution is -2.44. The van der Waals surface area contributed by atoms with Gasteiger partial charge >= 0.3 is 12.0 Å². The quantitative estimate of drug-likeness (QED) is 0.623. The zero-order chi connectivity index (χ0) is 14.3. The number of carbonyl (C=O) groups excluding carboxylic acids is 1. The van der Waals surface area contributed by atoms with Gasteiger partial charge in [0.05, 0.1) is 6.10 Å². The highest BCUT2D eigenvalue weighted by Crippen LogP contribution is 2.26. The second-order valence-electron chi connectivity index (χ2n) is 5.11. The number of unbranched alkanes of at least 4 members (excludes halogenated alkanes) is 1. The summed E-state index contributed by atoms with van der Waals surface area (Å²) in [5.41, 5.74) is 0. The van der Waals surface area contributed by atoms with E-state index in [0.717, 1.165) is 25.7 Å². The minimum absolute atomic E-state index is 0.111. The number of nitrogens with zero attached hydrogens (tertiary/aromatic N) is 1. The molecule has 1 aliphatic rings. The van der Waals surface area contributed by atoms with E-state index in [4.69, 9.17) is 9.84 Å². The summed E-state index contributed by atoms with van der Waals surface area (Å²) >= 11 is 0. The Hall–Kier alpha value is -1.30. The van der Waals surface area contributed by atoms with Crippen molar-refractivity contribution in [2.24, 2.45) is 0 Å². The summed E-state index contributed by atoms with van der Waals surface area (Å²) in [5.74, 6) is -0.965. The van der Waals surface area contributed by atoms with Crippen molar-refractivity contribution in [2.75, 3.05) is 19.7 Å². The van der Waals surface area contributed by atoms with E-state index in [9.17, 15) is 9.59 Å². The molecule has 110 valence electrons. The van der Waals surface area contributed by atoms with Gasteiger partial charge in [-0.05, 0) is 39.5 Å². The van der Waals surface area contributed by atoms with Gasteiger partial charge in [-0.1, -0.05) is 0 Å². The number of hydrogen-bond donors (Lipinski definition) is 2. The molecular formula is C13H24N2O4. The van der Waals surface area contributed by atoms with Crippen molar-refractivity contribution in [2.45, 2.75) is 51.7 Å². The van der Waals surface area contributed by atoms with Crippen LogP contribution in [0.4, 0.5) is 4.79 Å². The molecule has 0 aromatic rings. The molecule has 0 aliphatic heterocycles. The van der Waals surface area contributed by atoms with E-state index < -0.39 is 5.97 Å². The summed E-state index contributed by atoms with van der Waals surface area (Å²) in [6.07, 6.45) is 3.77. The maximum atomic E-state index is 11.8. The van der Waals surface area contributed by atoms with Crippen molar-refractivity contribution in [1.29, 1.82) is 0 Å². The third-order valence-electron chi connectivity index (χ3n) is 2.85. The predicted octanol–water partition coefficient (Wildman–Crippen LogP) is 1.45. The molecule has 1 fully saturated rings. The van der Waals surface area contributed by atoms with Gasteiger partial charge in [0.15, 0.2) is 0 Å². The highest BCUT2D eigenvalue weighted by Gasteiger charge is 2.33. The molecule has 0 unspecified atom stereocenters. The van der Waals surface area contributed by atoms with Crippen LogP contribution < -0.4 is 5.32 Å². The van der Waals surface area contributed by atoms with Crippen LogP contribution in [0.1, 0.15) is 39.5 Å². The zero-order valence-electron chi connectivity index (χ0n) is 11.7. The molecule has 1 aliphatic carbocycles. The van der Waals surface area contributed by atoms with Crippen molar-refractivity contribution >= 4 is 12.0 Å². The number of aliphatic carboxylic acids is 1. The molecule has 0 saturated heterocycles. The maximum absolute atomic E-state index is 11.8. The average Bonchev–Trinajstić information content (AvgIpc) is 3.13. The van der Waals surface area contributed by atoms with Crippen molar-refractivity contribution in [1.82, 2.24) is 10.2 Å². The number of rotatable bonds is 9. The topological polar surface area (TPSA) is 78.9 Å². The highest BCUT2D eigenvalue weighted by molar-refractivity contribution is 5.80. The number of carbonyl (C=O) groups is 2. The molecule has 0 bridgehead atoms. The lowest BCUT2D eigenvalue weighted by Gasteiger charge is -2.20. The summed E-state index contributed by atoms with van der Waals surface area (Å²) < 4.78 is 5.40. The molecule has 6 heteroatoms. The molecule has 0 spiro atoms. The summed E-state index contributed by atoms with van der Waals surface area (Å²) in [6.45, 7) is 5.01. The summed E-state index contributed by atoms with van der Waals surface area (Å²) in [4.78, 5) is 23.9. The summed E-state index contributed by atoms with van der Waals surface area (Å²) in [5, 5.41) is 11.5. The van der Waals surface area contributed by atoms with Crippen molar-refractivity contribution < 1.29 is 19.4 Å². The van der Waals surface area contributed by atoms with Crippen LogP contribution in [0.15, 0.2) is 0 Å². The molecule has 2 amide bonds. The number of amides is 2. The molecule has 0 radical (unpaired) electrons. The lowest BCUT2D eigenvalue weighted by molar-refractivity contribution is -0.137. The Bertz CT molecular complexity index is 303. The third-order valence-corrected chi connectivity index (χ3v) is 2.85. The van der Waals surface area contributed by atoms with Crippen LogP contribution in [0.25, 0.3) is 0 Å². The largest absolute Gasteiger partial charge is 0.480 e. The first-order chi connectivity index (χ1) is 9.00. The third kappa shape index (κ3) is 7.00. The van der Waals surface area contributed by atoms with Crippen LogP contribution in [0.2, 0.25) is 0 Å². The van der Waals surface area contributed by atoms with Crippen molar-refractivity contribution in [3.8, 4) is 0 Å². The SMILES string of the molecule is CC(C)OCCCCNC(=O)N(CC(=O)O)C1CC1. The van der Waals surface area contributed by atoms with E-state index in [1.807, 2.05) is 13.8 Å². The molecule has 0 heterocycles. The van der Waals surface area contributed by atoms with Gasteiger partial charge in [0.1, 0.15) is 6.54 Å². The van der Waals surface area contributed by atoms with Gasteiger partial charge in [0, 0.05) is 19.2 Å². The van der Waals surface area contributed by atoms with E-state index in [-0.39, 0.29) is 24.7 Å². The molecule has 19 heavy (non-hydrogen) atoms. The van der Waals surface area contributed by atoms with E-state index in [2.05, 4.69) is 5.32 Å². The van der Waals surface area contributed by atoms with Gasteiger partial charge in [0.2, 0.25) is 0 Å². The normalized spacial score (nSPS) is 14.5. The first-order valence-electron chi connectivity index (χ1n) is 6.88. The van der Waals surface area contributed by atoms with Gasteiger partial charge in [-0.3, -0.25) is 4.79 Å². The Morgan fingerprint density at radius 2 is 2.05 bits per heavy atom. The van der Waals surface area contributed by atoms with E-state index in [1.54, 1.807) is 0 Å². The summed E-state index contributed by atoms with van der Waals surface area (Å²) in [6, 6.07) is -0.157. The van der Waals surface area contributed by atoms with Crippen LogP contribution in [-0.4, -0.2) is 53.8 Å². The monoisotopic (exact) mass is 272 g/mol. The Labute approximate surface area is 114 Å². The van der Waals surface area contributed by atoms with Gasteiger partial charge in [-0.15, -0.1) is 0 Å². The second-order valence-corrected chi connectivity index (χ2v) is 5.11. The Balaban J connectivity index is 2.13. The van der Waals surface area contributed by atoms with E-state index in [0.29, 0.717) is 13.2 Å². The molecule has 1 rings (SSSR count). The molecular weight excluding hydrogens is 248 g/mol. The minimum Gasteiger partial charge on any atom is -0.480 e. The lowest BCUT2D eigenvalue weighted by atomic mass is 10.3. The van der Waals surface area contributed by atoms with Crippen LogP contribution >= 0.6 is 0 Å². The fourth-order valence-electron chi connectivity index (χ4n) is 1.74. The van der Waals surface area contributed by atoms with E-state index >= 15 is 0 Å². The first-order valence-corrected chi connectivity index (χ1v) is 6.88. The smallest absolute Gasteiger partial charge is 0.323 e. The van der Waals surface area contributed by atoms with Crippen LogP contribution in [0, 0.1) is 0 Å². The van der Waals surface area contributed by atoms with Crippen molar-refractivity contribution in [3.63, 3.8) is 0 Å². The summed E-state index contributed by atoms with van der Waals surface area (Å²) in [7, 11) is 0. The number of carboxylic acids is 1. The Kier molecular flexibility index (Phi) is 6.62. The molecule has 0 aromatic carbocycles. The van der Waals surface area contributed by atoms with Crippen LogP contribution in [0.5, 0.6) is 0 Å². The minimum atomic E-state index is -0.965. The maximum Gasteiger partial charge on any atom is 0.323 e. The predicted molar refractivity (Wildman–Crippen MR) is 71.1 cm³/mol. The van der Waals surface area contributed by atoms with E-state index in [1.165, 1.54) is 4.90 Å². The second kappa shape index (κ2) is 7.99. The molecule has 1 saturated carbocycles. The molecule has 0 atom stereocenters. The average molecular weight is 272 g/mol. The number of hydrogen-bond acceptors (Lipinski definition) is 3. The highest BCUT2D eigenvalue weighted by atomic mass is 16.5. The molecule has 0 aromatic heterocycles. The number of carboxylic acid groups (broad SMARTS) is 1. The fourth-order valence-corrected chi connectivity index (χ4v) is 1.74. The van der Waals surface area contributed by atoms with Gasteiger partial charge in [0.25, 0.3) is 0 Å². The van der Waals surface area contributed by atoms with Gasteiger partial charge < -0.3 is 20.1 Å².